The molecule has 0 N–H and O–H groups in total. The van der Waals surface area contributed by atoms with E-state index in [2.05, 4.69) is 10.2 Å². The van der Waals surface area contributed by atoms with Crippen molar-refractivity contribution in [2.45, 2.75) is 12.5 Å². The summed E-state index contributed by atoms with van der Waals surface area (Å²) in [5.74, 6) is 1.53. The average Bonchev–Trinajstić information content (AvgIpc) is 3.09. The van der Waals surface area contributed by atoms with Crippen LogP contribution in [0, 0.1) is 0 Å². The van der Waals surface area contributed by atoms with Crippen molar-refractivity contribution in [1.29, 1.82) is 0 Å². The Morgan fingerprint density at radius 2 is 2.12 bits per heavy atom. The van der Waals surface area contributed by atoms with Crippen LogP contribution in [0.5, 0.6) is 17.4 Å². The first-order valence-corrected chi connectivity index (χ1v) is 7.67. The molecular formula is C17H19N3O4. The van der Waals surface area contributed by atoms with Crippen molar-refractivity contribution in [2.24, 2.45) is 0 Å². The summed E-state index contributed by atoms with van der Waals surface area (Å²) in [6.07, 6.45) is 2.25. The second-order valence-corrected chi connectivity index (χ2v) is 5.41. The molecule has 24 heavy (non-hydrogen) atoms. The van der Waals surface area contributed by atoms with Crippen LogP contribution in [0.15, 0.2) is 36.5 Å². The molecule has 7 heteroatoms. The van der Waals surface area contributed by atoms with Crippen molar-refractivity contribution in [3.8, 4) is 17.4 Å². The normalized spacial score (nSPS) is 16.8. The highest BCUT2D eigenvalue weighted by Crippen LogP contribution is 2.27. The molecule has 1 unspecified atom stereocenters. The number of hydrogen-bond donors (Lipinski definition) is 0. The summed E-state index contributed by atoms with van der Waals surface area (Å²) in [6, 6.07) is 8.69. The van der Waals surface area contributed by atoms with E-state index in [4.69, 9.17) is 14.2 Å². The van der Waals surface area contributed by atoms with Crippen LogP contribution >= 0.6 is 0 Å². The summed E-state index contributed by atoms with van der Waals surface area (Å²) in [7, 11) is 3.11. The van der Waals surface area contributed by atoms with Gasteiger partial charge in [-0.2, -0.15) is 5.10 Å². The van der Waals surface area contributed by atoms with Gasteiger partial charge in [0.15, 0.2) is 0 Å². The van der Waals surface area contributed by atoms with E-state index in [1.807, 2.05) is 0 Å². The van der Waals surface area contributed by atoms with E-state index >= 15 is 0 Å². The van der Waals surface area contributed by atoms with Crippen molar-refractivity contribution < 1.29 is 19.0 Å². The molecule has 1 aromatic heterocycles. The minimum atomic E-state index is -0.0881. The Morgan fingerprint density at radius 1 is 1.25 bits per heavy atom. The van der Waals surface area contributed by atoms with E-state index in [1.54, 1.807) is 48.5 Å². The molecule has 2 aromatic rings. The number of carbonyl (C=O) groups is 1. The van der Waals surface area contributed by atoms with Gasteiger partial charge in [0, 0.05) is 31.3 Å². The van der Waals surface area contributed by atoms with E-state index in [9.17, 15) is 4.79 Å². The molecule has 0 bridgehead atoms. The number of aromatic nitrogens is 2. The topological polar surface area (TPSA) is 73.8 Å². The van der Waals surface area contributed by atoms with Gasteiger partial charge < -0.3 is 19.1 Å². The van der Waals surface area contributed by atoms with Gasteiger partial charge in [-0.25, -0.2) is 0 Å². The van der Waals surface area contributed by atoms with E-state index < -0.39 is 0 Å². The van der Waals surface area contributed by atoms with Gasteiger partial charge in [0.05, 0.1) is 26.3 Å². The van der Waals surface area contributed by atoms with Gasteiger partial charge in [-0.15, -0.1) is 5.10 Å². The van der Waals surface area contributed by atoms with E-state index in [0.29, 0.717) is 36.0 Å². The van der Waals surface area contributed by atoms with Gasteiger partial charge >= 0.3 is 0 Å². The van der Waals surface area contributed by atoms with Crippen molar-refractivity contribution in [1.82, 2.24) is 15.1 Å². The monoisotopic (exact) mass is 329 g/mol. The van der Waals surface area contributed by atoms with Crippen LogP contribution in [0.2, 0.25) is 0 Å². The fraction of sp³-hybridized carbons (Fsp3) is 0.353. The van der Waals surface area contributed by atoms with E-state index in [-0.39, 0.29) is 12.0 Å². The third-order valence-electron chi connectivity index (χ3n) is 3.91. The average molecular weight is 329 g/mol. The fourth-order valence-electron chi connectivity index (χ4n) is 2.68. The molecule has 1 aliphatic heterocycles. The van der Waals surface area contributed by atoms with Crippen LogP contribution in [0.3, 0.4) is 0 Å². The first-order valence-electron chi connectivity index (χ1n) is 7.67. The number of nitrogens with zero attached hydrogens (tertiary/aromatic N) is 3. The lowest BCUT2D eigenvalue weighted by Gasteiger charge is -2.18. The molecule has 1 atom stereocenters. The van der Waals surface area contributed by atoms with Gasteiger partial charge in [-0.05, 0) is 18.2 Å². The van der Waals surface area contributed by atoms with Crippen LogP contribution in [0.1, 0.15) is 16.8 Å². The van der Waals surface area contributed by atoms with Crippen molar-refractivity contribution in [2.75, 3.05) is 27.3 Å². The second-order valence-electron chi connectivity index (χ2n) is 5.41. The number of rotatable bonds is 5. The Labute approximate surface area is 140 Å². The largest absolute Gasteiger partial charge is 0.497 e. The van der Waals surface area contributed by atoms with Crippen molar-refractivity contribution >= 4 is 5.91 Å². The molecule has 1 amide bonds. The molecule has 1 aromatic carbocycles. The molecule has 1 saturated heterocycles. The molecular weight excluding hydrogens is 310 g/mol. The quantitative estimate of drug-likeness (QED) is 0.832. The summed E-state index contributed by atoms with van der Waals surface area (Å²) >= 11 is 0. The summed E-state index contributed by atoms with van der Waals surface area (Å²) in [5, 5.41) is 7.69. The third kappa shape index (κ3) is 3.40. The molecule has 7 nitrogen and oxygen atoms in total. The molecule has 0 aliphatic carbocycles. The molecule has 0 saturated carbocycles. The van der Waals surface area contributed by atoms with Crippen LogP contribution < -0.4 is 14.2 Å². The number of ether oxygens (including phenoxy) is 3. The van der Waals surface area contributed by atoms with Crippen LogP contribution in [-0.4, -0.2) is 54.4 Å². The van der Waals surface area contributed by atoms with Gasteiger partial charge in [-0.3, -0.25) is 4.79 Å². The Bertz CT molecular complexity index is 708. The number of carbonyl (C=O) groups excluding carboxylic acids is 1. The molecule has 0 radical (unpaired) electrons. The van der Waals surface area contributed by atoms with E-state index in [0.717, 1.165) is 6.42 Å². The number of methoxy groups -OCH3 is 2. The lowest BCUT2D eigenvalue weighted by atomic mass is 10.1. The van der Waals surface area contributed by atoms with Gasteiger partial charge in [0.1, 0.15) is 17.6 Å². The van der Waals surface area contributed by atoms with Crippen molar-refractivity contribution in [3.05, 3.63) is 42.1 Å². The summed E-state index contributed by atoms with van der Waals surface area (Å²) in [6.45, 7) is 1.13. The SMILES string of the molecule is COc1ccc(C(=O)N2CCC(Oc3cccnn3)C2)c(OC)c1. The Balaban J connectivity index is 1.68. The minimum absolute atomic E-state index is 0.0836. The zero-order valence-corrected chi connectivity index (χ0v) is 13.6. The maximum absolute atomic E-state index is 12.7. The molecule has 1 aliphatic rings. The first kappa shape index (κ1) is 16.0. The smallest absolute Gasteiger partial charge is 0.257 e. The van der Waals surface area contributed by atoms with E-state index in [1.165, 1.54) is 7.11 Å². The summed E-state index contributed by atoms with van der Waals surface area (Å²) in [5.41, 5.74) is 0.512. The number of benzene rings is 1. The second kappa shape index (κ2) is 7.16. The Morgan fingerprint density at radius 3 is 2.83 bits per heavy atom. The fourth-order valence-corrected chi connectivity index (χ4v) is 2.68. The lowest BCUT2D eigenvalue weighted by molar-refractivity contribution is 0.0767. The van der Waals surface area contributed by atoms with Gasteiger partial charge in [-0.1, -0.05) is 0 Å². The zero-order chi connectivity index (χ0) is 16.9. The molecule has 126 valence electrons. The zero-order valence-electron chi connectivity index (χ0n) is 13.6. The highest BCUT2D eigenvalue weighted by molar-refractivity contribution is 5.97. The van der Waals surface area contributed by atoms with Gasteiger partial charge in [0.2, 0.25) is 5.88 Å². The van der Waals surface area contributed by atoms with Gasteiger partial charge in [0.25, 0.3) is 5.91 Å². The molecule has 2 heterocycles. The Kier molecular flexibility index (Phi) is 4.79. The molecule has 0 spiro atoms. The maximum Gasteiger partial charge on any atom is 0.257 e. The molecule has 3 rings (SSSR count). The maximum atomic E-state index is 12.7. The first-order chi connectivity index (χ1) is 11.7. The van der Waals surface area contributed by atoms with Crippen LogP contribution in [-0.2, 0) is 0 Å². The standard InChI is InChI=1S/C17H19N3O4/c1-22-12-5-6-14(15(10-12)23-2)17(21)20-9-7-13(11-20)24-16-4-3-8-18-19-16/h3-6,8,10,13H,7,9,11H2,1-2H3. The Hall–Kier alpha value is -2.83. The summed E-state index contributed by atoms with van der Waals surface area (Å²) in [4.78, 5) is 14.5. The number of hydrogen-bond acceptors (Lipinski definition) is 6. The minimum Gasteiger partial charge on any atom is -0.497 e. The number of likely N-dealkylation sites (tertiary alicyclic amines) is 1. The number of amides is 1. The van der Waals surface area contributed by atoms with Crippen LogP contribution in [0.4, 0.5) is 0 Å². The van der Waals surface area contributed by atoms with Crippen LogP contribution in [0.25, 0.3) is 0 Å². The highest BCUT2D eigenvalue weighted by Gasteiger charge is 2.30. The predicted molar refractivity (Wildman–Crippen MR) is 86.5 cm³/mol. The van der Waals surface area contributed by atoms with Crippen molar-refractivity contribution in [3.63, 3.8) is 0 Å². The summed E-state index contributed by atoms with van der Waals surface area (Å²) < 4.78 is 16.2. The molecule has 1 fully saturated rings. The third-order valence-corrected chi connectivity index (χ3v) is 3.91. The highest BCUT2D eigenvalue weighted by atomic mass is 16.5. The predicted octanol–water partition coefficient (Wildman–Crippen LogP) is 1.79. The lowest BCUT2D eigenvalue weighted by Crippen LogP contribution is -2.31.